The molecule has 28 heavy (non-hydrogen) atoms. The predicted octanol–water partition coefficient (Wildman–Crippen LogP) is 2.15. The van der Waals surface area contributed by atoms with Crippen LogP contribution in [0, 0.1) is 18.7 Å². The van der Waals surface area contributed by atoms with E-state index in [4.69, 9.17) is 0 Å². The number of amides is 1. The van der Waals surface area contributed by atoms with Crippen molar-refractivity contribution in [1.29, 1.82) is 0 Å². The fraction of sp³-hybridized carbons (Fsp3) is 0.400. The molecule has 2 aromatic heterocycles. The van der Waals surface area contributed by atoms with Crippen LogP contribution in [-0.2, 0) is 11.2 Å². The van der Waals surface area contributed by atoms with E-state index >= 15 is 0 Å². The average Bonchev–Trinajstić information content (AvgIpc) is 3.17. The number of fused-ring (bicyclic) bond motifs is 1. The summed E-state index contributed by atoms with van der Waals surface area (Å²) in [5, 5.41) is 7.28. The highest BCUT2D eigenvalue weighted by atomic mass is 19.1. The quantitative estimate of drug-likeness (QED) is 0.732. The van der Waals surface area contributed by atoms with Crippen molar-refractivity contribution in [2.45, 2.75) is 26.2 Å². The van der Waals surface area contributed by atoms with Gasteiger partial charge in [-0.25, -0.2) is 9.37 Å². The van der Waals surface area contributed by atoms with Crippen LogP contribution in [0.25, 0.3) is 5.78 Å². The molecule has 0 saturated carbocycles. The Morgan fingerprint density at radius 1 is 1.25 bits per heavy atom. The molecule has 1 aliphatic heterocycles. The van der Waals surface area contributed by atoms with E-state index in [-0.39, 0.29) is 17.6 Å². The molecule has 1 fully saturated rings. The van der Waals surface area contributed by atoms with E-state index in [2.05, 4.69) is 25.3 Å². The molecule has 3 heterocycles. The fourth-order valence-corrected chi connectivity index (χ4v) is 3.63. The van der Waals surface area contributed by atoms with Crippen LogP contribution in [0.3, 0.4) is 0 Å². The summed E-state index contributed by atoms with van der Waals surface area (Å²) in [6, 6.07) is 8.40. The molecule has 0 aliphatic carbocycles. The molecule has 4 rings (SSSR count). The van der Waals surface area contributed by atoms with E-state index in [1.165, 1.54) is 18.5 Å². The number of hydrogen-bond donors (Lipinski definition) is 1. The molecule has 1 aromatic carbocycles. The largest absolute Gasteiger partial charge is 0.356 e. The van der Waals surface area contributed by atoms with Crippen molar-refractivity contribution in [2.75, 3.05) is 24.5 Å². The SMILES string of the molecule is Cc1cc(N2CCC(C(=O)NCCc3ccc(F)cc3)CC2)n2ncnc2n1. The first-order valence-electron chi connectivity index (χ1n) is 9.54. The lowest BCUT2D eigenvalue weighted by molar-refractivity contribution is -0.125. The number of carbonyl (C=O) groups excluding carboxylic acids is 1. The maximum absolute atomic E-state index is 12.9. The number of carbonyl (C=O) groups is 1. The zero-order chi connectivity index (χ0) is 19.5. The number of aryl methyl sites for hydroxylation is 1. The van der Waals surface area contributed by atoms with Crippen LogP contribution in [-0.4, -0.2) is 45.1 Å². The number of anilines is 1. The summed E-state index contributed by atoms with van der Waals surface area (Å²) in [4.78, 5) is 23.3. The fourth-order valence-electron chi connectivity index (χ4n) is 3.63. The number of nitrogens with zero attached hydrogens (tertiary/aromatic N) is 5. The highest BCUT2D eigenvalue weighted by molar-refractivity contribution is 5.79. The van der Waals surface area contributed by atoms with Crippen LogP contribution >= 0.6 is 0 Å². The topological polar surface area (TPSA) is 75.4 Å². The molecule has 1 amide bonds. The lowest BCUT2D eigenvalue weighted by Gasteiger charge is -2.32. The number of aromatic nitrogens is 4. The number of nitrogens with one attached hydrogen (secondary N) is 1. The summed E-state index contributed by atoms with van der Waals surface area (Å²) in [5.74, 6) is 1.43. The number of rotatable bonds is 5. The van der Waals surface area contributed by atoms with Crippen molar-refractivity contribution in [3.63, 3.8) is 0 Å². The van der Waals surface area contributed by atoms with Gasteiger partial charge in [0.05, 0.1) is 0 Å². The number of benzene rings is 1. The molecule has 3 aromatic rings. The van der Waals surface area contributed by atoms with Crippen molar-refractivity contribution >= 4 is 17.5 Å². The normalized spacial score (nSPS) is 15.1. The molecule has 8 heteroatoms. The Balaban J connectivity index is 1.30. The summed E-state index contributed by atoms with van der Waals surface area (Å²) in [5.41, 5.74) is 1.91. The van der Waals surface area contributed by atoms with Crippen molar-refractivity contribution in [1.82, 2.24) is 24.9 Å². The van der Waals surface area contributed by atoms with E-state index in [0.29, 0.717) is 18.7 Å². The molecule has 1 saturated heterocycles. The smallest absolute Gasteiger partial charge is 0.254 e. The summed E-state index contributed by atoms with van der Waals surface area (Å²) < 4.78 is 14.7. The second-order valence-electron chi connectivity index (χ2n) is 7.16. The minimum atomic E-state index is -0.243. The van der Waals surface area contributed by atoms with Gasteiger partial charge >= 0.3 is 0 Å². The Hall–Kier alpha value is -3.03. The lowest BCUT2D eigenvalue weighted by atomic mass is 9.96. The highest BCUT2D eigenvalue weighted by Crippen LogP contribution is 2.24. The molecule has 0 radical (unpaired) electrons. The van der Waals surface area contributed by atoms with E-state index < -0.39 is 0 Å². The van der Waals surface area contributed by atoms with Crippen molar-refractivity contribution in [3.8, 4) is 0 Å². The molecule has 0 bridgehead atoms. The predicted molar refractivity (Wildman–Crippen MR) is 104 cm³/mol. The second-order valence-corrected chi connectivity index (χ2v) is 7.16. The van der Waals surface area contributed by atoms with Crippen molar-refractivity contribution in [3.05, 3.63) is 53.7 Å². The van der Waals surface area contributed by atoms with Crippen LogP contribution in [0.2, 0.25) is 0 Å². The van der Waals surface area contributed by atoms with Crippen LogP contribution in [0.1, 0.15) is 24.1 Å². The Morgan fingerprint density at radius 2 is 2.00 bits per heavy atom. The molecule has 146 valence electrons. The van der Waals surface area contributed by atoms with Gasteiger partial charge in [-0.3, -0.25) is 4.79 Å². The Morgan fingerprint density at radius 3 is 2.75 bits per heavy atom. The molecular weight excluding hydrogens is 359 g/mol. The van der Waals surface area contributed by atoms with E-state index in [1.807, 2.05) is 13.0 Å². The highest BCUT2D eigenvalue weighted by Gasteiger charge is 2.26. The number of hydrogen-bond acceptors (Lipinski definition) is 5. The van der Waals surface area contributed by atoms with Crippen molar-refractivity contribution < 1.29 is 9.18 Å². The Bertz CT molecular complexity index is 962. The van der Waals surface area contributed by atoms with Gasteiger partial charge in [0.15, 0.2) is 0 Å². The molecule has 1 N–H and O–H groups in total. The Kier molecular flexibility index (Phi) is 5.18. The summed E-state index contributed by atoms with van der Waals surface area (Å²) >= 11 is 0. The van der Waals surface area contributed by atoms with E-state index in [9.17, 15) is 9.18 Å². The zero-order valence-corrected chi connectivity index (χ0v) is 15.8. The molecule has 0 spiro atoms. The second kappa shape index (κ2) is 7.92. The first-order valence-corrected chi connectivity index (χ1v) is 9.54. The van der Waals surface area contributed by atoms with Crippen LogP contribution in [0.5, 0.6) is 0 Å². The summed E-state index contributed by atoms with van der Waals surface area (Å²) in [6.07, 6.45) is 3.79. The van der Waals surface area contributed by atoms with E-state index in [1.54, 1.807) is 16.6 Å². The van der Waals surface area contributed by atoms with Gasteiger partial charge in [0, 0.05) is 37.3 Å². The zero-order valence-electron chi connectivity index (χ0n) is 15.8. The Labute approximate surface area is 162 Å². The summed E-state index contributed by atoms with van der Waals surface area (Å²) in [7, 11) is 0. The third kappa shape index (κ3) is 3.95. The van der Waals surface area contributed by atoms with Gasteiger partial charge < -0.3 is 10.2 Å². The minimum Gasteiger partial charge on any atom is -0.356 e. The monoisotopic (exact) mass is 382 g/mol. The van der Waals surface area contributed by atoms with Gasteiger partial charge in [-0.1, -0.05) is 12.1 Å². The number of piperidine rings is 1. The van der Waals surface area contributed by atoms with Gasteiger partial charge in [-0.15, -0.1) is 0 Å². The minimum absolute atomic E-state index is 0.0126. The molecule has 7 nitrogen and oxygen atoms in total. The molecule has 0 unspecified atom stereocenters. The maximum atomic E-state index is 12.9. The molecular formula is C20H23FN6O. The van der Waals surface area contributed by atoms with Gasteiger partial charge in [-0.05, 0) is 43.9 Å². The van der Waals surface area contributed by atoms with Crippen LogP contribution in [0.4, 0.5) is 10.2 Å². The van der Waals surface area contributed by atoms with E-state index in [0.717, 1.165) is 43.0 Å². The molecule has 0 atom stereocenters. The third-order valence-electron chi connectivity index (χ3n) is 5.18. The van der Waals surface area contributed by atoms with Crippen molar-refractivity contribution in [2.24, 2.45) is 5.92 Å². The van der Waals surface area contributed by atoms with Crippen LogP contribution in [0.15, 0.2) is 36.7 Å². The first-order chi connectivity index (χ1) is 13.6. The average molecular weight is 382 g/mol. The van der Waals surface area contributed by atoms with Crippen LogP contribution < -0.4 is 10.2 Å². The summed E-state index contributed by atoms with van der Waals surface area (Å²) in [6.45, 7) is 4.08. The van der Waals surface area contributed by atoms with Gasteiger partial charge in [0.25, 0.3) is 5.78 Å². The maximum Gasteiger partial charge on any atom is 0.254 e. The third-order valence-corrected chi connectivity index (χ3v) is 5.18. The number of halogens is 1. The van der Waals surface area contributed by atoms with Gasteiger partial charge in [-0.2, -0.15) is 14.6 Å². The lowest BCUT2D eigenvalue weighted by Crippen LogP contribution is -2.41. The van der Waals surface area contributed by atoms with Gasteiger partial charge in [0.2, 0.25) is 5.91 Å². The first kappa shape index (κ1) is 18.3. The standard InChI is InChI=1S/C20H23FN6O/c1-14-12-18(27-20(25-14)23-13-24-27)26-10-7-16(8-11-26)19(28)22-9-6-15-2-4-17(21)5-3-15/h2-5,12-13,16H,6-11H2,1H3,(H,22,28). The van der Waals surface area contributed by atoms with Gasteiger partial charge in [0.1, 0.15) is 18.0 Å². The molecule has 1 aliphatic rings.